The minimum Gasteiger partial charge on any atom is -0.324 e. The maximum atomic E-state index is 12.8. The van der Waals surface area contributed by atoms with Gasteiger partial charge in [-0.15, -0.1) is 5.10 Å². The van der Waals surface area contributed by atoms with E-state index in [4.69, 9.17) is 0 Å². The fraction of sp³-hybridized carbons (Fsp3) is 0.167. The van der Waals surface area contributed by atoms with Crippen molar-refractivity contribution < 1.29 is 4.79 Å². The third-order valence-electron chi connectivity index (χ3n) is 5.62. The highest BCUT2D eigenvalue weighted by Gasteiger charge is 2.15. The molecular weight excluding hydrogens is 404 g/mol. The number of benzene rings is 2. The first kappa shape index (κ1) is 19.7. The summed E-state index contributed by atoms with van der Waals surface area (Å²) in [6.45, 7) is 5.85. The number of nitrogens with zero attached hydrogens (tertiary/aromatic N) is 5. The largest absolute Gasteiger partial charge is 0.350 e. The zero-order valence-electron chi connectivity index (χ0n) is 18.0. The Balaban J connectivity index is 1.47. The molecule has 5 aromatic rings. The monoisotopic (exact) mass is 426 g/mol. The van der Waals surface area contributed by atoms with Gasteiger partial charge in [-0.3, -0.25) is 4.79 Å². The van der Waals surface area contributed by atoms with Crippen LogP contribution in [0, 0.1) is 20.8 Å². The minimum atomic E-state index is -0.379. The molecule has 1 N–H and O–H groups in total. The van der Waals surface area contributed by atoms with Gasteiger partial charge in [-0.1, -0.05) is 35.9 Å². The summed E-state index contributed by atoms with van der Waals surface area (Å²) in [5, 5.41) is 11.9. The number of rotatable bonds is 4. The lowest BCUT2D eigenvalue weighted by Crippen LogP contribution is -2.28. The normalized spacial score (nSPS) is 11.3. The van der Waals surface area contributed by atoms with Gasteiger partial charge in [0.05, 0.1) is 5.69 Å². The smallest absolute Gasteiger partial charge is 0.324 e. The summed E-state index contributed by atoms with van der Waals surface area (Å²) in [6, 6.07) is 15.7. The van der Waals surface area contributed by atoms with Crippen molar-refractivity contribution in [1.82, 2.24) is 23.8 Å². The molecule has 160 valence electrons. The number of nitrogens with one attached hydrogen (secondary N) is 1. The predicted molar refractivity (Wildman–Crippen MR) is 123 cm³/mol. The lowest BCUT2D eigenvalue weighted by Gasteiger charge is -2.07. The van der Waals surface area contributed by atoms with Gasteiger partial charge in [0.1, 0.15) is 12.1 Å². The van der Waals surface area contributed by atoms with Gasteiger partial charge < -0.3 is 5.32 Å². The number of anilines is 1. The Morgan fingerprint density at radius 3 is 2.47 bits per heavy atom. The molecule has 0 unspecified atom stereocenters. The molecule has 0 spiro atoms. The Labute approximate surface area is 183 Å². The average molecular weight is 426 g/mol. The molecule has 2 aromatic carbocycles. The van der Waals surface area contributed by atoms with Crippen molar-refractivity contribution in [2.75, 3.05) is 5.32 Å². The van der Waals surface area contributed by atoms with Crippen LogP contribution in [0.1, 0.15) is 16.7 Å². The Kier molecular flexibility index (Phi) is 4.62. The molecule has 0 aliphatic carbocycles. The highest BCUT2D eigenvalue weighted by molar-refractivity contribution is 5.90. The van der Waals surface area contributed by atoms with E-state index in [1.54, 1.807) is 16.9 Å². The van der Waals surface area contributed by atoms with Gasteiger partial charge in [0.25, 0.3) is 0 Å². The Bertz CT molecular complexity index is 1540. The quantitative estimate of drug-likeness (QED) is 0.477. The lowest BCUT2D eigenvalue weighted by atomic mass is 10.1. The first-order valence-corrected chi connectivity index (χ1v) is 10.3. The van der Waals surface area contributed by atoms with Crippen molar-refractivity contribution >= 4 is 22.8 Å². The van der Waals surface area contributed by atoms with Crippen LogP contribution in [0.15, 0.2) is 65.7 Å². The Hall–Kier alpha value is -4.20. The minimum absolute atomic E-state index is 0.182. The van der Waals surface area contributed by atoms with Crippen LogP contribution in [0.5, 0.6) is 0 Å². The molecule has 1 amide bonds. The second kappa shape index (κ2) is 7.49. The van der Waals surface area contributed by atoms with Crippen LogP contribution in [0.3, 0.4) is 0 Å². The summed E-state index contributed by atoms with van der Waals surface area (Å²) in [4.78, 5) is 25.4. The number of aryl methyl sites for hydroxylation is 3. The molecule has 0 aliphatic rings. The van der Waals surface area contributed by atoms with E-state index in [1.165, 1.54) is 14.6 Å². The van der Waals surface area contributed by atoms with Crippen LogP contribution in [-0.2, 0) is 11.3 Å². The van der Waals surface area contributed by atoms with E-state index in [9.17, 15) is 9.59 Å². The second-order valence-corrected chi connectivity index (χ2v) is 8.00. The third kappa shape index (κ3) is 3.45. The van der Waals surface area contributed by atoms with Gasteiger partial charge in [-0.2, -0.15) is 5.10 Å². The van der Waals surface area contributed by atoms with Crippen molar-refractivity contribution in [2.45, 2.75) is 27.3 Å². The summed E-state index contributed by atoms with van der Waals surface area (Å²) in [6.07, 6.45) is 3.32. The third-order valence-corrected chi connectivity index (χ3v) is 5.62. The average Bonchev–Trinajstić information content (AvgIpc) is 3.33. The molecule has 3 aromatic heterocycles. The number of carbonyl (C=O) groups excluding carboxylic acids is 1. The fourth-order valence-electron chi connectivity index (χ4n) is 3.66. The standard InChI is InChI=1S/C24H22N6O2/c1-15-4-7-18(8-5-15)20-13-21-23-27-30(24(32)28(23)10-11-29(21)26-20)14-22(31)25-19-9-6-16(2)17(3)12-19/h4-13H,14H2,1-3H3,(H,25,31). The summed E-state index contributed by atoms with van der Waals surface area (Å²) in [5.41, 5.74) is 6.61. The summed E-state index contributed by atoms with van der Waals surface area (Å²) in [7, 11) is 0. The van der Waals surface area contributed by atoms with Gasteiger partial charge in [-0.25, -0.2) is 18.4 Å². The molecule has 32 heavy (non-hydrogen) atoms. The van der Waals surface area contributed by atoms with Gasteiger partial charge in [0.15, 0.2) is 5.65 Å². The molecule has 0 bridgehead atoms. The second-order valence-electron chi connectivity index (χ2n) is 8.00. The van der Waals surface area contributed by atoms with E-state index in [1.807, 2.05) is 69.3 Å². The molecule has 0 saturated carbocycles. The van der Waals surface area contributed by atoms with E-state index in [0.29, 0.717) is 16.9 Å². The maximum absolute atomic E-state index is 12.8. The molecule has 0 aliphatic heterocycles. The van der Waals surface area contributed by atoms with Gasteiger partial charge in [0, 0.05) is 23.6 Å². The molecule has 0 atom stereocenters. The topological polar surface area (TPSA) is 85.7 Å². The Morgan fingerprint density at radius 2 is 1.72 bits per heavy atom. The first-order valence-electron chi connectivity index (χ1n) is 10.3. The van der Waals surface area contributed by atoms with E-state index < -0.39 is 0 Å². The lowest BCUT2D eigenvalue weighted by molar-refractivity contribution is -0.117. The highest BCUT2D eigenvalue weighted by atomic mass is 16.2. The number of hydrogen-bond acceptors (Lipinski definition) is 4. The maximum Gasteiger partial charge on any atom is 0.350 e. The van der Waals surface area contributed by atoms with E-state index in [-0.39, 0.29) is 18.1 Å². The molecule has 0 radical (unpaired) electrons. The van der Waals surface area contributed by atoms with Gasteiger partial charge in [-0.05, 0) is 50.1 Å². The summed E-state index contributed by atoms with van der Waals surface area (Å²) < 4.78 is 4.29. The van der Waals surface area contributed by atoms with Crippen LogP contribution < -0.4 is 11.0 Å². The number of fused-ring (bicyclic) bond motifs is 3. The zero-order valence-corrected chi connectivity index (χ0v) is 18.0. The molecule has 0 fully saturated rings. The number of hydrogen-bond donors (Lipinski definition) is 1. The predicted octanol–water partition coefficient (Wildman–Crippen LogP) is 3.37. The van der Waals surface area contributed by atoms with Crippen molar-refractivity contribution in [1.29, 1.82) is 0 Å². The van der Waals surface area contributed by atoms with Crippen molar-refractivity contribution in [2.24, 2.45) is 0 Å². The number of carbonyl (C=O) groups is 1. The highest BCUT2D eigenvalue weighted by Crippen LogP contribution is 2.21. The number of aromatic nitrogens is 5. The van der Waals surface area contributed by atoms with Crippen LogP contribution >= 0.6 is 0 Å². The van der Waals surface area contributed by atoms with E-state index >= 15 is 0 Å². The van der Waals surface area contributed by atoms with Crippen molar-refractivity contribution in [3.05, 3.63) is 88.1 Å². The fourth-order valence-corrected chi connectivity index (χ4v) is 3.66. The molecular formula is C24H22N6O2. The molecule has 8 nitrogen and oxygen atoms in total. The molecule has 8 heteroatoms. The molecule has 3 heterocycles. The van der Waals surface area contributed by atoms with E-state index in [2.05, 4.69) is 15.5 Å². The van der Waals surface area contributed by atoms with Crippen LogP contribution in [0.2, 0.25) is 0 Å². The Morgan fingerprint density at radius 1 is 0.938 bits per heavy atom. The van der Waals surface area contributed by atoms with Crippen LogP contribution in [0.25, 0.3) is 22.4 Å². The molecule has 0 saturated heterocycles. The van der Waals surface area contributed by atoms with Crippen LogP contribution in [-0.4, -0.2) is 29.7 Å². The van der Waals surface area contributed by atoms with Gasteiger partial charge in [0.2, 0.25) is 5.91 Å². The SMILES string of the molecule is Cc1ccc(-c2cc3c4nn(CC(=O)Nc5ccc(C)c(C)c5)c(=O)n4ccn3n2)cc1. The van der Waals surface area contributed by atoms with Crippen molar-refractivity contribution in [3.63, 3.8) is 0 Å². The van der Waals surface area contributed by atoms with Crippen LogP contribution in [0.4, 0.5) is 5.69 Å². The molecule has 5 rings (SSSR count). The summed E-state index contributed by atoms with van der Waals surface area (Å²) >= 11 is 0. The number of amides is 1. The summed E-state index contributed by atoms with van der Waals surface area (Å²) in [5.74, 6) is -0.316. The van der Waals surface area contributed by atoms with Gasteiger partial charge >= 0.3 is 5.69 Å². The van der Waals surface area contributed by atoms with E-state index in [0.717, 1.165) is 22.4 Å². The first-order chi connectivity index (χ1) is 15.4. The zero-order chi connectivity index (χ0) is 22.4. The van der Waals surface area contributed by atoms with Crippen molar-refractivity contribution in [3.8, 4) is 11.3 Å².